The molecule has 0 unspecified atom stereocenters. The SMILES string of the molecule is C[C@H](/C=C/CCn1cc(CCO)nn1)[C@@]1(O)C(=O)N(Cc2cccc(NC(=O)[C@H]3O[C@@H](O)[C@H](O)[C@@H](O)[C@@H]3O)c2)c2ccc(Br)cc21. The molecule has 1 saturated heterocycles. The number of aryl methyl sites for hydroxylation is 1. The number of aliphatic hydroxyl groups is 6. The Hall–Kier alpha value is -3.54. The summed E-state index contributed by atoms with van der Waals surface area (Å²) in [6, 6.07) is 11.8. The molecule has 0 aliphatic carbocycles. The van der Waals surface area contributed by atoms with Crippen molar-refractivity contribution in [1.82, 2.24) is 15.0 Å². The van der Waals surface area contributed by atoms with Crippen molar-refractivity contribution < 1.29 is 45.0 Å². The molecule has 0 bridgehead atoms. The van der Waals surface area contributed by atoms with Crippen LogP contribution in [0.1, 0.15) is 30.2 Å². The molecule has 2 aliphatic heterocycles. The predicted molar refractivity (Wildman–Crippen MR) is 167 cm³/mol. The maximum Gasteiger partial charge on any atom is 0.264 e. The zero-order chi connectivity index (χ0) is 33.2. The zero-order valence-corrected chi connectivity index (χ0v) is 26.4. The molecule has 3 heterocycles. The molecule has 2 aromatic carbocycles. The zero-order valence-electron chi connectivity index (χ0n) is 24.8. The first-order chi connectivity index (χ1) is 21.9. The van der Waals surface area contributed by atoms with Crippen molar-refractivity contribution in [3.8, 4) is 0 Å². The number of hydrogen-bond donors (Lipinski definition) is 7. The second-order valence-corrected chi connectivity index (χ2v) is 12.3. The van der Waals surface area contributed by atoms with Gasteiger partial charge in [-0.15, -0.1) is 5.10 Å². The Bertz CT molecular complexity index is 1600. The van der Waals surface area contributed by atoms with Crippen LogP contribution < -0.4 is 10.2 Å². The molecular formula is C31H36BrN5O9. The molecule has 7 atom stereocenters. The Morgan fingerprint density at radius 1 is 1.15 bits per heavy atom. The number of anilines is 2. The van der Waals surface area contributed by atoms with E-state index in [1.165, 1.54) is 4.90 Å². The molecule has 1 fully saturated rings. The fourth-order valence-corrected chi connectivity index (χ4v) is 5.98. The average molecular weight is 703 g/mol. The van der Waals surface area contributed by atoms with Crippen molar-refractivity contribution in [1.29, 1.82) is 0 Å². The van der Waals surface area contributed by atoms with E-state index in [1.54, 1.807) is 66.3 Å². The summed E-state index contributed by atoms with van der Waals surface area (Å²) in [7, 11) is 0. The number of carbonyl (C=O) groups excluding carboxylic acids is 2. The highest BCUT2D eigenvalue weighted by molar-refractivity contribution is 9.10. The van der Waals surface area contributed by atoms with E-state index in [9.17, 15) is 35.1 Å². The topological polar surface area (TPSA) is 211 Å². The van der Waals surface area contributed by atoms with Gasteiger partial charge in [0.25, 0.3) is 11.8 Å². The molecule has 246 valence electrons. The number of rotatable bonds is 11. The van der Waals surface area contributed by atoms with Crippen LogP contribution in [0.4, 0.5) is 11.4 Å². The van der Waals surface area contributed by atoms with E-state index in [2.05, 4.69) is 31.6 Å². The lowest BCUT2D eigenvalue weighted by atomic mass is 9.83. The molecule has 0 saturated carbocycles. The molecule has 0 spiro atoms. The van der Waals surface area contributed by atoms with Crippen molar-refractivity contribution in [2.24, 2.45) is 5.92 Å². The number of allylic oxidation sites excluding steroid dienone is 1. The van der Waals surface area contributed by atoms with Gasteiger partial charge in [-0.1, -0.05) is 52.4 Å². The molecule has 3 aromatic rings. The first-order valence-electron chi connectivity index (χ1n) is 14.7. The van der Waals surface area contributed by atoms with Gasteiger partial charge in [-0.25, -0.2) is 0 Å². The first kappa shape index (κ1) is 33.8. The predicted octanol–water partition coefficient (Wildman–Crippen LogP) is 0.331. The standard InChI is InChI=1S/C31H36BrN5O9/c1-17(5-2-3-11-36-16-21(10-12-38)34-35-36)31(45)22-14-19(32)8-9-23(22)37(30(31)44)15-18-6-4-7-20(13-18)33-28(42)27-25(40)24(39)26(41)29(43)46-27/h2,4-9,13-14,16-17,24-27,29,38-41,43,45H,3,10-12,15H2,1H3,(H,33,42)/b5-2+/t17-,24+,25+,26-,27+,29-,31+/m1/s1. The van der Waals surface area contributed by atoms with Gasteiger partial charge in [0.2, 0.25) is 0 Å². The Morgan fingerprint density at radius 3 is 2.70 bits per heavy atom. The van der Waals surface area contributed by atoms with Gasteiger partial charge >= 0.3 is 0 Å². The number of aromatic nitrogens is 3. The maximum atomic E-state index is 14.0. The van der Waals surface area contributed by atoms with Gasteiger partial charge < -0.3 is 45.6 Å². The molecule has 15 heteroatoms. The monoisotopic (exact) mass is 701 g/mol. The van der Waals surface area contributed by atoms with Crippen LogP contribution in [0, 0.1) is 5.92 Å². The molecule has 1 aromatic heterocycles. The number of nitrogens with one attached hydrogen (secondary N) is 1. The minimum absolute atomic E-state index is 0.00975. The lowest BCUT2D eigenvalue weighted by Crippen LogP contribution is -2.60. The van der Waals surface area contributed by atoms with E-state index in [4.69, 9.17) is 9.84 Å². The number of benzene rings is 2. The third kappa shape index (κ3) is 6.77. The smallest absolute Gasteiger partial charge is 0.264 e. The van der Waals surface area contributed by atoms with Crippen molar-refractivity contribution >= 4 is 39.1 Å². The lowest BCUT2D eigenvalue weighted by Gasteiger charge is -2.37. The Balaban J connectivity index is 1.30. The Morgan fingerprint density at radius 2 is 1.93 bits per heavy atom. The number of nitrogens with zero attached hydrogens (tertiary/aromatic N) is 4. The number of ether oxygens (including phenoxy) is 1. The summed E-state index contributed by atoms with van der Waals surface area (Å²) in [6.07, 6.45) is -2.41. The Kier molecular flexibility index (Phi) is 10.3. The van der Waals surface area contributed by atoms with E-state index in [-0.39, 0.29) is 13.2 Å². The van der Waals surface area contributed by atoms with Crippen molar-refractivity contribution in [3.63, 3.8) is 0 Å². The highest BCUT2D eigenvalue weighted by Gasteiger charge is 2.52. The second kappa shape index (κ2) is 14.1. The summed E-state index contributed by atoms with van der Waals surface area (Å²) in [5.41, 5.74) is 0.716. The molecule has 5 rings (SSSR count). The van der Waals surface area contributed by atoms with Gasteiger partial charge in [0.15, 0.2) is 18.0 Å². The number of hydrogen-bond acceptors (Lipinski definition) is 11. The molecular weight excluding hydrogens is 666 g/mol. The molecule has 14 nitrogen and oxygen atoms in total. The quantitative estimate of drug-likeness (QED) is 0.135. The van der Waals surface area contributed by atoms with Crippen LogP contribution >= 0.6 is 15.9 Å². The van der Waals surface area contributed by atoms with Crippen LogP contribution in [0.2, 0.25) is 0 Å². The number of halogens is 1. The van der Waals surface area contributed by atoms with E-state index in [1.807, 2.05) is 6.08 Å². The van der Waals surface area contributed by atoms with Gasteiger partial charge in [0.1, 0.15) is 18.3 Å². The van der Waals surface area contributed by atoms with Gasteiger partial charge in [0.05, 0.1) is 17.9 Å². The number of fused-ring (bicyclic) bond motifs is 1. The largest absolute Gasteiger partial charge is 0.396 e. The highest BCUT2D eigenvalue weighted by Crippen LogP contribution is 2.46. The summed E-state index contributed by atoms with van der Waals surface area (Å²) in [5, 5.41) is 71.2. The van der Waals surface area contributed by atoms with Gasteiger partial charge in [-0.2, -0.15) is 0 Å². The van der Waals surface area contributed by atoms with Crippen LogP contribution in [0.15, 0.2) is 65.3 Å². The van der Waals surface area contributed by atoms with E-state index in [0.717, 1.165) is 0 Å². The average Bonchev–Trinajstić information content (AvgIpc) is 3.56. The first-order valence-corrected chi connectivity index (χ1v) is 15.5. The number of carbonyl (C=O) groups is 2. The van der Waals surface area contributed by atoms with Crippen LogP contribution in [0.5, 0.6) is 0 Å². The Labute approximate surface area is 272 Å². The van der Waals surface area contributed by atoms with Crippen molar-refractivity contribution in [3.05, 3.63) is 82.1 Å². The maximum absolute atomic E-state index is 14.0. The molecule has 0 radical (unpaired) electrons. The van der Waals surface area contributed by atoms with Crippen LogP contribution in [0.3, 0.4) is 0 Å². The third-order valence-corrected chi connectivity index (χ3v) is 8.67. The molecule has 2 amide bonds. The van der Waals surface area contributed by atoms with Gasteiger partial charge in [-0.3, -0.25) is 14.3 Å². The van der Waals surface area contributed by atoms with Crippen LogP contribution in [0.25, 0.3) is 0 Å². The summed E-state index contributed by atoms with van der Waals surface area (Å²) in [5.74, 6) is -1.97. The minimum atomic E-state index is -1.86. The summed E-state index contributed by atoms with van der Waals surface area (Å²) < 4.78 is 7.37. The van der Waals surface area contributed by atoms with Crippen molar-refractivity contribution in [2.75, 3.05) is 16.8 Å². The molecule has 7 N–H and O–H groups in total. The van der Waals surface area contributed by atoms with E-state index < -0.39 is 54.0 Å². The van der Waals surface area contributed by atoms with E-state index >= 15 is 0 Å². The summed E-state index contributed by atoms with van der Waals surface area (Å²) in [4.78, 5) is 28.3. The second-order valence-electron chi connectivity index (χ2n) is 11.4. The minimum Gasteiger partial charge on any atom is -0.396 e. The molecule has 2 aliphatic rings. The van der Waals surface area contributed by atoms with Gasteiger partial charge in [0, 0.05) is 47.4 Å². The summed E-state index contributed by atoms with van der Waals surface area (Å²) >= 11 is 3.45. The normalized spacial score (nSPS) is 26.8. The van der Waals surface area contributed by atoms with Gasteiger partial charge in [-0.05, 0) is 42.3 Å². The third-order valence-electron chi connectivity index (χ3n) is 8.18. The van der Waals surface area contributed by atoms with Crippen LogP contribution in [-0.2, 0) is 39.4 Å². The lowest BCUT2D eigenvalue weighted by molar-refractivity contribution is -0.274. The molecule has 46 heavy (non-hydrogen) atoms. The van der Waals surface area contributed by atoms with Crippen LogP contribution in [-0.4, -0.2) is 94.8 Å². The number of amides is 2. The highest BCUT2D eigenvalue weighted by atomic mass is 79.9. The fourth-order valence-electron chi connectivity index (χ4n) is 5.62. The van der Waals surface area contributed by atoms with Crippen molar-refractivity contribution in [2.45, 2.75) is 69.2 Å². The van der Waals surface area contributed by atoms with E-state index in [0.29, 0.717) is 52.1 Å². The fraction of sp³-hybridized carbons (Fsp3) is 0.419. The summed E-state index contributed by atoms with van der Waals surface area (Å²) in [6.45, 7) is 2.35. The number of aliphatic hydroxyl groups excluding tert-OH is 5.